The summed E-state index contributed by atoms with van der Waals surface area (Å²) in [5.74, 6) is 0. The van der Waals surface area contributed by atoms with Crippen LogP contribution >= 0.6 is 0 Å². The van der Waals surface area contributed by atoms with Gasteiger partial charge in [0.1, 0.15) is 0 Å². The topological polar surface area (TPSA) is 15.3 Å². The molecule has 1 fully saturated rings. The van der Waals surface area contributed by atoms with E-state index in [1.165, 1.54) is 48.2 Å². The summed E-state index contributed by atoms with van der Waals surface area (Å²) in [5, 5.41) is 3.49. The van der Waals surface area contributed by atoms with Crippen molar-refractivity contribution in [3.05, 3.63) is 34.4 Å². The minimum Gasteiger partial charge on any atom is -0.315 e. The Morgan fingerprint density at radius 1 is 1.16 bits per heavy atom. The van der Waals surface area contributed by atoms with Crippen LogP contribution in [0.4, 0.5) is 0 Å². The fourth-order valence-electron chi connectivity index (χ4n) is 3.04. The Morgan fingerprint density at radius 2 is 1.89 bits per heavy atom. The molecule has 1 aliphatic heterocycles. The van der Waals surface area contributed by atoms with Gasteiger partial charge >= 0.3 is 0 Å². The Hall–Kier alpha value is -0.860. The molecule has 1 aliphatic rings. The summed E-state index contributed by atoms with van der Waals surface area (Å²) in [4.78, 5) is 2.66. The van der Waals surface area contributed by atoms with E-state index in [1.54, 1.807) is 0 Å². The highest BCUT2D eigenvalue weighted by Gasteiger charge is 2.22. The lowest BCUT2D eigenvalue weighted by Crippen LogP contribution is -2.37. The zero-order chi connectivity index (χ0) is 13.8. The van der Waals surface area contributed by atoms with Gasteiger partial charge in [-0.05, 0) is 69.0 Å². The van der Waals surface area contributed by atoms with Crippen molar-refractivity contribution in [2.45, 2.75) is 53.1 Å². The normalized spacial score (nSPS) is 19.3. The molecule has 1 saturated heterocycles. The van der Waals surface area contributed by atoms with Gasteiger partial charge in [0.15, 0.2) is 0 Å². The maximum atomic E-state index is 3.49. The summed E-state index contributed by atoms with van der Waals surface area (Å²) in [6, 6.07) is 5.44. The quantitative estimate of drug-likeness (QED) is 0.874. The van der Waals surface area contributed by atoms with Crippen LogP contribution in [0.15, 0.2) is 12.1 Å². The predicted molar refractivity (Wildman–Crippen MR) is 82.6 cm³/mol. The smallest absolute Gasteiger partial charge is 0.0239 e. The van der Waals surface area contributed by atoms with Gasteiger partial charge in [-0.15, -0.1) is 0 Å². The molecule has 1 atom stereocenters. The Bertz CT molecular complexity index is 420. The van der Waals surface area contributed by atoms with Crippen molar-refractivity contribution >= 4 is 0 Å². The third-order valence-electron chi connectivity index (χ3n) is 4.39. The molecule has 1 heterocycles. The lowest BCUT2D eigenvalue weighted by atomic mass is 10.00. The van der Waals surface area contributed by atoms with E-state index in [2.05, 4.69) is 50.0 Å². The van der Waals surface area contributed by atoms with E-state index in [-0.39, 0.29) is 0 Å². The number of rotatable bonds is 5. The second kappa shape index (κ2) is 6.53. The highest BCUT2D eigenvalue weighted by Crippen LogP contribution is 2.20. The second-order valence-corrected chi connectivity index (χ2v) is 5.98. The molecule has 0 spiro atoms. The molecular formula is C17H28N2. The van der Waals surface area contributed by atoms with Crippen LogP contribution < -0.4 is 5.32 Å². The summed E-state index contributed by atoms with van der Waals surface area (Å²) in [5.41, 5.74) is 5.77. The Morgan fingerprint density at radius 3 is 2.53 bits per heavy atom. The molecular weight excluding hydrogens is 232 g/mol. The molecule has 0 radical (unpaired) electrons. The van der Waals surface area contributed by atoms with Crippen molar-refractivity contribution in [3.8, 4) is 0 Å². The van der Waals surface area contributed by atoms with Crippen molar-refractivity contribution in [2.24, 2.45) is 0 Å². The van der Waals surface area contributed by atoms with E-state index in [4.69, 9.17) is 0 Å². The third kappa shape index (κ3) is 3.58. The van der Waals surface area contributed by atoms with Crippen molar-refractivity contribution in [3.63, 3.8) is 0 Å². The standard InChI is InChI=1S/C17H28N2/c1-5-8-19(17-6-7-18-11-17)12-16-10-14(3)13(2)9-15(16)4/h9-10,17-18H,5-8,11-12H2,1-4H3. The van der Waals surface area contributed by atoms with E-state index in [0.29, 0.717) is 0 Å². The number of aryl methyl sites for hydroxylation is 3. The first-order valence-corrected chi connectivity index (χ1v) is 7.63. The van der Waals surface area contributed by atoms with Gasteiger partial charge < -0.3 is 5.32 Å². The van der Waals surface area contributed by atoms with E-state index in [9.17, 15) is 0 Å². The molecule has 1 aromatic carbocycles. The minimum atomic E-state index is 0.723. The zero-order valence-corrected chi connectivity index (χ0v) is 12.9. The van der Waals surface area contributed by atoms with Gasteiger partial charge in [-0.3, -0.25) is 4.90 Å². The first-order chi connectivity index (χ1) is 9.11. The molecule has 0 bridgehead atoms. The van der Waals surface area contributed by atoms with E-state index in [1.807, 2.05) is 0 Å². The SMILES string of the molecule is CCCN(Cc1cc(C)c(C)cc1C)C1CCNC1. The number of hydrogen-bond acceptors (Lipinski definition) is 2. The maximum Gasteiger partial charge on any atom is 0.0239 e. The molecule has 0 aromatic heterocycles. The number of benzene rings is 1. The van der Waals surface area contributed by atoms with Gasteiger partial charge in [0.05, 0.1) is 0 Å². The maximum absolute atomic E-state index is 3.49. The summed E-state index contributed by atoms with van der Waals surface area (Å²) in [6.07, 6.45) is 2.53. The molecule has 0 saturated carbocycles. The van der Waals surface area contributed by atoms with Crippen LogP contribution in [0.25, 0.3) is 0 Å². The predicted octanol–water partition coefficient (Wildman–Crippen LogP) is 3.19. The molecule has 2 rings (SSSR count). The molecule has 2 heteroatoms. The molecule has 1 unspecified atom stereocenters. The third-order valence-corrected chi connectivity index (χ3v) is 4.39. The Kier molecular flexibility index (Phi) is 5.00. The molecule has 0 aliphatic carbocycles. The Balaban J connectivity index is 2.14. The van der Waals surface area contributed by atoms with Gasteiger partial charge in [-0.2, -0.15) is 0 Å². The van der Waals surface area contributed by atoms with E-state index in [0.717, 1.165) is 19.1 Å². The molecule has 19 heavy (non-hydrogen) atoms. The highest BCUT2D eigenvalue weighted by atomic mass is 15.2. The molecule has 1 N–H and O–H groups in total. The molecule has 0 amide bonds. The van der Waals surface area contributed by atoms with Crippen LogP contribution in [0.1, 0.15) is 42.0 Å². The number of hydrogen-bond donors (Lipinski definition) is 1. The van der Waals surface area contributed by atoms with Crippen LogP contribution in [0, 0.1) is 20.8 Å². The monoisotopic (exact) mass is 260 g/mol. The van der Waals surface area contributed by atoms with Crippen molar-refractivity contribution in [2.75, 3.05) is 19.6 Å². The van der Waals surface area contributed by atoms with Gasteiger partial charge in [-0.25, -0.2) is 0 Å². The molecule has 1 aromatic rings. The number of nitrogens with zero attached hydrogens (tertiary/aromatic N) is 1. The zero-order valence-electron chi connectivity index (χ0n) is 12.9. The minimum absolute atomic E-state index is 0.723. The Labute approximate surface area is 118 Å². The van der Waals surface area contributed by atoms with Gasteiger partial charge in [-0.1, -0.05) is 19.1 Å². The van der Waals surface area contributed by atoms with Crippen LogP contribution in [0.2, 0.25) is 0 Å². The number of nitrogens with one attached hydrogen (secondary N) is 1. The molecule has 106 valence electrons. The lowest BCUT2D eigenvalue weighted by molar-refractivity contribution is 0.199. The van der Waals surface area contributed by atoms with Crippen molar-refractivity contribution in [1.82, 2.24) is 10.2 Å². The fraction of sp³-hybridized carbons (Fsp3) is 0.647. The largest absolute Gasteiger partial charge is 0.315 e. The summed E-state index contributed by atoms with van der Waals surface area (Å²) in [7, 11) is 0. The summed E-state index contributed by atoms with van der Waals surface area (Å²) >= 11 is 0. The van der Waals surface area contributed by atoms with Crippen LogP contribution in [-0.2, 0) is 6.54 Å². The van der Waals surface area contributed by atoms with Crippen molar-refractivity contribution < 1.29 is 0 Å². The van der Waals surface area contributed by atoms with Crippen molar-refractivity contribution in [1.29, 1.82) is 0 Å². The lowest BCUT2D eigenvalue weighted by Gasteiger charge is -2.29. The summed E-state index contributed by atoms with van der Waals surface area (Å²) < 4.78 is 0. The first kappa shape index (κ1) is 14.5. The average Bonchev–Trinajstić information content (AvgIpc) is 2.89. The fourth-order valence-corrected chi connectivity index (χ4v) is 3.04. The van der Waals surface area contributed by atoms with E-state index < -0.39 is 0 Å². The van der Waals surface area contributed by atoms with Gasteiger partial charge in [0, 0.05) is 19.1 Å². The van der Waals surface area contributed by atoms with Crippen LogP contribution in [0.3, 0.4) is 0 Å². The summed E-state index contributed by atoms with van der Waals surface area (Å²) in [6.45, 7) is 13.6. The highest BCUT2D eigenvalue weighted by molar-refractivity contribution is 5.36. The van der Waals surface area contributed by atoms with E-state index >= 15 is 0 Å². The van der Waals surface area contributed by atoms with Gasteiger partial charge in [0.2, 0.25) is 0 Å². The van der Waals surface area contributed by atoms with Gasteiger partial charge in [0.25, 0.3) is 0 Å². The first-order valence-electron chi connectivity index (χ1n) is 7.63. The average molecular weight is 260 g/mol. The van der Waals surface area contributed by atoms with Crippen LogP contribution in [-0.4, -0.2) is 30.6 Å². The second-order valence-electron chi connectivity index (χ2n) is 5.98. The molecule has 2 nitrogen and oxygen atoms in total. The van der Waals surface area contributed by atoms with Crippen LogP contribution in [0.5, 0.6) is 0 Å².